The molecule has 1 aromatic heterocycles. The van der Waals surface area contributed by atoms with E-state index in [2.05, 4.69) is 5.32 Å². The molecule has 1 fully saturated rings. The van der Waals surface area contributed by atoms with Gasteiger partial charge in [0.1, 0.15) is 23.2 Å². The summed E-state index contributed by atoms with van der Waals surface area (Å²) in [7, 11) is 0. The first-order valence-electron chi connectivity index (χ1n) is 7.59. The second-order valence-corrected chi connectivity index (χ2v) is 5.30. The van der Waals surface area contributed by atoms with Gasteiger partial charge in [-0.2, -0.15) is 5.26 Å². The molecule has 2 heterocycles. The highest BCUT2D eigenvalue weighted by molar-refractivity contribution is 6.30. The summed E-state index contributed by atoms with van der Waals surface area (Å²) in [6.07, 6.45) is 2.81. The zero-order valence-electron chi connectivity index (χ0n) is 13.5. The van der Waals surface area contributed by atoms with E-state index in [0.717, 1.165) is 4.90 Å². The van der Waals surface area contributed by atoms with Crippen molar-refractivity contribution in [1.29, 1.82) is 5.26 Å². The number of urea groups is 1. The molecule has 4 amide bonds. The Morgan fingerprint density at radius 2 is 1.96 bits per heavy atom. The van der Waals surface area contributed by atoms with Gasteiger partial charge in [0.05, 0.1) is 12.8 Å². The number of carbonyl (C=O) groups excluding carboxylic acids is 3. The third-order valence-corrected chi connectivity index (χ3v) is 3.57. The molecular formula is C18H13N3O5. The average Bonchev–Trinajstić information content (AvgIpc) is 3.15. The van der Waals surface area contributed by atoms with Gasteiger partial charge in [0, 0.05) is 0 Å². The Morgan fingerprint density at radius 3 is 2.62 bits per heavy atom. The van der Waals surface area contributed by atoms with E-state index in [9.17, 15) is 14.4 Å². The van der Waals surface area contributed by atoms with Crippen LogP contribution in [0.4, 0.5) is 4.79 Å². The largest absolute Gasteiger partial charge is 0.479 e. The Labute approximate surface area is 148 Å². The van der Waals surface area contributed by atoms with E-state index in [0.29, 0.717) is 17.1 Å². The molecule has 0 spiro atoms. The maximum atomic E-state index is 12.6. The van der Waals surface area contributed by atoms with Crippen molar-refractivity contribution in [2.45, 2.75) is 6.54 Å². The number of hydrogen-bond acceptors (Lipinski definition) is 6. The number of carbonyl (C=O) groups is 3. The van der Waals surface area contributed by atoms with Gasteiger partial charge in [0.25, 0.3) is 11.8 Å². The maximum Gasteiger partial charge on any atom is 0.331 e. The number of nitrogens with zero attached hydrogens (tertiary/aromatic N) is 2. The third kappa shape index (κ3) is 3.62. The Bertz CT molecular complexity index is 907. The molecule has 0 saturated carbocycles. The van der Waals surface area contributed by atoms with E-state index in [1.165, 1.54) is 12.3 Å². The van der Waals surface area contributed by atoms with Crippen LogP contribution in [0, 0.1) is 11.3 Å². The lowest BCUT2D eigenvalue weighted by molar-refractivity contribution is -0.130. The number of imide groups is 2. The van der Waals surface area contributed by atoms with E-state index in [1.807, 2.05) is 6.07 Å². The van der Waals surface area contributed by atoms with Gasteiger partial charge in [-0.3, -0.25) is 19.8 Å². The summed E-state index contributed by atoms with van der Waals surface area (Å²) in [4.78, 5) is 37.4. The summed E-state index contributed by atoms with van der Waals surface area (Å²) in [5.41, 5.74) is 0.405. The Kier molecular flexibility index (Phi) is 4.80. The molecule has 26 heavy (non-hydrogen) atoms. The highest BCUT2D eigenvalue weighted by Gasteiger charge is 2.36. The number of amides is 4. The van der Waals surface area contributed by atoms with Crippen molar-refractivity contribution in [1.82, 2.24) is 10.2 Å². The molecule has 1 aliphatic heterocycles. The van der Waals surface area contributed by atoms with E-state index in [-0.39, 0.29) is 18.7 Å². The monoisotopic (exact) mass is 351 g/mol. The van der Waals surface area contributed by atoms with E-state index >= 15 is 0 Å². The fourth-order valence-corrected chi connectivity index (χ4v) is 2.34. The number of ether oxygens (including phenoxy) is 1. The Morgan fingerprint density at radius 1 is 1.19 bits per heavy atom. The number of barbiturate groups is 1. The third-order valence-electron chi connectivity index (χ3n) is 3.57. The minimum atomic E-state index is -0.797. The number of furan rings is 1. The van der Waals surface area contributed by atoms with Gasteiger partial charge in [-0.1, -0.05) is 12.1 Å². The van der Waals surface area contributed by atoms with Gasteiger partial charge < -0.3 is 9.15 Å². The van der Waals surface area contributed by atoms with Crippen molar-refractivity contribution < 1.29 is 23.5 Å². The molecule has 1 aliphatic rings. The fraction of sp³-hybridized carbons (Fsp3) is 0.111. The predicted octanol–water partition coefficient (Wildman–Crippen LogP) is 1.84. The van der Waals surface area contributed by atoms with Crippen LogP contribution in [0.25, 0.3) is 6.08 Å². The SMILES string of the molecule is N#CCOc1ccc(C=C2C(=O)NC(=O)N(Cc3ccco3)C2=O)cc1. The lowest BCUT2D eigenvalue weighted by Crippen LogP contribution is -2.53. The van der Waals surface area contributed by atoms with Crippen molar-refractivity contribution in [3.8, 4) is 11.8 Å². The quantitative estimate of drug-likeness (QED) is 0.650. The number of nitrogens with one attached hydrogen (secondary N) is 1. The molecule has 0 bridgehead atoms. The van der Waals surface area contributed by atoms with Crippen LogP contribution < -0.4 is 10.1 Å². The maximum absolute atomic E-state index is 12.6. The van der Waals surface area contributed by atoms with Crippen molar-refractivity contribution in [3.05, 3.63) is 59.6 Å². The number of rotatable bonds is 5. The van der Waals surface area contributed by atoms with Crippen molar-refractivity contribution >= 4 is 23.9 Å². The Balaban J connectivity index is 1.82. The molecule has 2 aromatic rings. The number of nitriles is 1. The molecule has 8 nitrogen and oxygen atoms in total. The molecule has 0 radical (unpaired) electrons. The topological polar surface area (TPSA) is 113 Å². The van der Waals surface area contributed by atoms with E-state index < -0.39 is 17.8 Å². The Hall–Kier alpha value is -3.86. The molecule has 130 valence electrons. The molecule has 0 aliphatic carbocycles. The smallest absolute Gasteiger partial charge is 0.331 e. The number of benzene rings is 1. The van der Waals surface area contributed by atoms with Crippen LogP contribution in [-0.2, 0) is 16.1 Å². The first-order valence-corrected chi connectivity index (χ1v) is 7.59. The van der Waals surface area contributed by atoms with Crippen LogP contribution in [0.1, 0.15) is 11.3 Å². The summed E-state index contributed by atoms with van der Waals surface area (Å²) in [5, 5.41) is 10.6. The van der Waals surface area contributed by atoms with Gasteiger partial charge in [0.2, 0.25) is 0 Å². The van der Waals surface area contributed by atoms with Crippen LogP contribution in [0.5, 0.6) is 5.75 Å². The lowest BCUT2D eigenvalue weighted by atomic mass is 10.1. The van der Waals surface area contributed by atoms with E-state index in [1.54, 1.807) is 36.4 Å². The van der Waals surface area contributed by atoms with Crippen LogP contribution in [-0.4, -0.2) is 29.4 Å². The molecule has 8 heteroatoms. The minimum Gasteiger partial charge on any atom is -0.479 e. The highest BCUT2D eigenvalue weighted by atomic mass is 16.5. The first-order chi connectivity index (χ1) is 12.6. The van der Waals surface area contributed by atoms with Crippen LogP contribution >= 0.6 is 0 Å². The molecule has 0 unspecified atom stereocenters. The molecule has 1 N–H and O–H groups in total. The second-order valence-electron chi connectivity index (χ2n) is 5.30. The summed E-state index contributed by atoms with van der Waals surface area (Å²) in [5.74, 6) is -0.565. The zero-order valence-corrected chi connectivity index (χ0v) is 13.5. The normalized spacial score (nSPS) is 15.7. The highest BCUT2D eigenvalue weighted by Crippen LogP contribution is 2.19. The molecule has 1 saturated heterocycles. The lowest BCUT2D eigenvalue weighted by Gasteiger charge is -2.25. The predicted molar refractivity (Wildman–Crippen MR) is 88.3 cm³/mol. The molecule has 1 aromatic carbocycles. The summed E-state index contributed by atoms with van der Waals surface area (Å²) in [6.45, 7) is -0.158. The molecular weight excluding hydrogens is 338 g/mol. The van der Waals surface area contributed by atoms with Gasteiger partial charge >= 0.3 is 6.03 Å². The van der Waals surface area contributed by atoms with E-state index in [4.69, 9.17) is 14.4 Å². The van der Waals surface area contributed by atoms with Gasteiger partial charge in [-0.25, -0.2) is 4.79 Å². The first kappa shape index (κ1) is 17.0. The van der Waals surface area contributed by atoms with Gasteiger partial charge in [0.15, 0.2) is 6.61 Å². The second kappa shape index (κ2) is 7.36. The van der Waals surface area contributed by atoms with Gasteiger partial charge in [-0.05, 0) is 35.9 Å². The van der Waals surface area contributed by atoms with Crippen molar-refractivity contribution in [3.63, 3.8) is 0 Å². The molecule has 0 atom stereocenters. The summed E-state index contributed by atoms with van der Waals surface area (Å²) < 4.78 is 10.3. The van der Waals surface area contributed by atoms with Crippen LogP contribution in [0.3, 0.4) is 0 Å². The van der Waals surface area contributed by atoms with Crippen LogP contribution in [0.2, 0.25) is 0 Å². The summed E-state index contributed by atoms with van der Waals surface area (Å²) >= 11 is 0. The average molecular weight is 351 g/mol. The minimum absolute atomic E-state index is 0.0782. The molecule has 3 rings (SSSR count). The number of hydrogen-bond donors (Lipinski definition) is 1. The summed E-state index contributed by atoms with van der Waals surface area (Å²) in [6, 6.07) is 10.8. The van der Waals surface area contributed by atoms with Crippen molar-refractivity contribution in [2.75, 3.05) is 6.61 Å². The fourth-order valence-electron chi connectivity index (χ4n) is 2.34. The zero-order chi connectivity index (χ0) is 18.5. The van der Waals surface area contributed by atoms with Gasteiger partial charge in [-0.15, -0.1) is 0 Å². The standard InChI is InChI=1S/C18H13N3O5/c19-7-9-26-13-5-3-12(4-6-13)10-15-16(22)20-18(24)21(17(15)23)11-14-2-1-8-25-14/h1-6,8,10H,9,11H2,(H,20,22,24). The van der Waals surface area contributed by atoms with Crippen LogP contribution in [0.15, 0.2) is 52.7 Å². The van der Waals surface area contributed by atoms with Crippen molar-refractivity contribution in [2.24, 2.45) is 0 Å².